The maximum atomic E-state index is 9.42. The summed E-state index contributed by atoms with van der Waals surface area (Å²) >= 11 is 0. The molecular formula is C6H11BO4. The molecular weight excluding hydrogens is 147 g/mol. The van der Waals surface area contributed by atoms with E-state index in [0.717, 1.165) is 0 Å². The van der Waals surface area contributed by atoms with E-state index in [9.17, 15) is 10.2 Å². The molecule has 1 saturated heterocycles. The number of aliphatic hydroxyl groups is 3. The second-order valence-corrected chi connectivity index (χ2v) is 2.95. The van der Waals surface area contributed by atoms with Gasteiger partial charge in [-0.3, -0.25) is 0 Å². The normalized spacial score (nSPS) is 51.5. The Hall–Kier alpha value is -0.0951. The van der Waals surface area contributed by atoms with E-state index in [1.807, 2.05) is 0 Å². The van der Waals surface area contributed by atoms with Crippen LogP contribution in [0.25, 0.3) is 0 Å². The lowest BCUT2D eigenvalue weighted by atomic mass is 9.82. The predicted molar refractivity (Wildman–Crippen MR) is 38.1 cm³/mol. The molecule has 0 spiro atoms. The molecule has 5 heteroatoms. The lowest BCUT2D eigenvalue weighted by Crippen LogP contribution is -2.45. The van der Waals surface area contributed by atoms with Gasteiger partial charge in [-0.2, -0.15) is 0 Å². The summed E-state index contributed by atoms with van der Waals surface area (Å²) in [6.07, 6.45) is -1.90. The average Bonchev–Trinajstić information content (AvgIpc) is 2.14. The molecule has 1 heterocycles. The highest BCUT2D eigenvalue weighted by Gasteiger charge is 2.48. The van der Waals surface area contributed by atoms with Crippen molar-refractivity contribution in [1.29, 1.82) is 0 Å². The lowest BCUT2D eigenvalue weighted by Gasteiger charge is -2.24. The highest BCUT2D eigenvalue weighted by molar-refractivity contribution is 6.12. The quantitative estimate of drug-likeness (QED) is 0.385. The summed E-state index contributed by atoms with van der Waals surface area (Å²) in [6, 6.07) is -0.936. The number of aliphatic hydroxyl groups excluding tert-OH is 2. The third kappa shape index (κ3) is 1.29. The highest BCUT2D eigenvalue weighted by Crippen LogP contribution is 2.28. The predicted octanol–water partition coefficient (Wildman–Crippen LogP) is -2.02. The first kappa shape index (κ1) is 9.00. The maximum absolute atomic E-state index is 9.42. The van der Waals surface area contributed by atoms with Gasteiger partial charge in [0.15, 0.2) is 0 Å². The van der Waals surface area contributed by atoms with E-state index in [1.54, 1.807) is 0 Å². The zero-order valence-corrected chi connectivity index (χ0v) is 6.27. The Morgan fingerprint density at radius 1 is 1.64 bits per heavy atom. The molecule has 0 saturated carbocycles. The van der Waals surface area contributed by atoms with Gasteiger partial charge in [0, 0.05) is 6.00 Å². The van der Waals surface area contributed by atoms with Crippen LogP contribution >= 0.6 is 0 Å². The van der Waals surface area contributed by atoms with Crippen molar-refractivity contribution >= 4 is 7.85 Å². The van der Waals surface area contributed by atoms with Crippen LogP contribution in [0.4, 0.5) is 0 Å². The fourth-order valence-electron chi connectivity index (χ4n) is 1.09. The summed E-state index contributed by atoms with van der Waals surface area (Å²) in [5, 5.41) is 27.3. The van der Waals surface area contributed by atoms with Crippen molar-refractivity contribution in [3.8, 4) is 0 Å². The Kier molecular flexibility index (Phi) is 2.25. The van der Waals surface area contributed by atoms with Crippen LogP contribution in [0, 0.1) is 0 Å². The van der Waals surface area contributed by atoms with Crippen LogP contribution in [0.5, 0.6) is 0 Å². The average molecular weight is 158 g/mol. The smallest absolute Gasteiger partial charge is 0.113 e. The first-order valence-corrected chi connectivity index (χ1v) is 3.42. The van der Waals surface area contributed by atoms with Gasteiger partial charge < -0.3 is 20.1 Å². The Labute approximate surface area is 66.2 Å². The van der Waals surface area contributed by atoms with Crippen molar-refractivity contribution in [2.45, 2.75) is 30.7 Å². The summed E-state index contributed by atoms with van der Waals surface area (Å²) in [6.45, 7) is 1.03. The molecule has 0 aliphatic carbocycles. The Morgan fingerprint density at radius 2 is 2.18 bits per heavy atom. The Morgan fingerprint density at radius 3 is 2.36 bits per heavy atom. The second-order valence-electron chi connectivity index (χ2n) is 2.95. The van der Waals surface area contributed by atoms with Gasteiger partial charge in [0.25, 0.3) is 0 Å². The molecule has 0 aromatic heterocycles. The molecule has 0 aromatic rings. The van der Waals surface area contributed by atoms with Crippen LogP contribution in [-0.4, -0.2) is 53.6 Å². The van der Waals surface area contributed by atoms with Gasteiger partial charge >= 0.3 is 0 Å². The van der Waals surface area contributed by atoms with E-state index < -0.39 is 23.8 Å². The Bertz CT molecular complexity index is 150. The molecule has 0 amide bonds. The van der Waals surface area contributed by atoms with Crippen LogP contribution in [0.2, 0.25) is 0 Å². The number of ether oxygens (including phenoxy) is 1. The van der Waals surface area contributed by atoms with Crippen LogP contribution < -0.4 is 0 Å². The van der Waals surface area contributed by atoms with E-state index in [2.05, 4.69) is 0 Å². The highest BCUT2D eigenvalue weighted by atomic mass is 16.6. The summed E-state index contributed by atoms with van der Waals surface area (Å²) in [4.78, 5) is 0. The van der Waals surface area contributed by atoms with Gasteiger partial charge in [0.05, 0.1) is 6.61 Å². The zero-order valence-electron chi connectivity index (χ0n) is 6.27. The van der Waals surface area contributed by atoms with E-state index in [-0.39, 0.29) is 6.61 Å². The topological polar surface area (TPSA) is 69.9 Å². The summed E-state index contributed by atoms with van der Waals surface area (Å²) in [7, 11) is 5.33. The van der Waals surface area contributed by atoms with Gasteiger partial charge in [-0.1, -0.05) is 0 Å². The SMILES string of the molecule is [B][C@@H]1O[C@H](CO)[C@@H](O)[C@@]1(C)O. The fourth-order valence-corrected chi connectivity index (χ4v) is 1.09. The van der Waals surface area contributed by atoms with E-state index in [1.165, 1.54) is 6.92 Å². The number of hydrogen-bond acceptors (Lipinski definition) is 4. The zero-order chi connectivity index (χ0) is 8.65. The van der Waals surface area contributed by atoms with Crippen molar-refractivity contribution in [3.63, 3.8) is 0 Å². The number of rotatable bonds is 1. The van der Waals surface area contributed by atoms with Gasteiger partial charge in [0.1, 0.15) is 25.7 Å². The first-order chi connectivity index (χ1) is 5.00. The van der Waals surface area contributed by atoms with Gasteiger partial charge in [-0.05, 0) is 6.92 Å². The summed E-state index contributed by atoms with van der Waals surface area (Å²) < 4.78 is 4.87. The second kappa shape index (κ2) is 2.75. The lowest BCUT2D eigenvalue weighted by molar-refractivity contribution is -0.0467. The minimum Gasteiger partial charge on any atom is -0.394 e. The van der Waals surface area contributed by atoms with Gasteiger partial charge in [0.2, 0.25) is 0 Å². The molecule has 4 nitrogen and oxygen atoms in total. The molecule has 0 aromatic carbocycles. The van der Waals surface area contributed by atoms with Crippen molar-refractivity contribution < 1.29 is 20.1 Å². The summed E-state index contributed by atoms with van der Waals surface area (Å²) in [5.74, 6) is 0. The summed E-state index contributed by atoms with van der Waals surface area (Å²) in [5.41, 5.74) is -1.46. The van der Waals surface area contributed by atoms with Crippen LogP contribution in [0.15, 0.2) is 0 Å². The maximum Gasteiger partial charge on any atom is 0.113 e. The molecule has 62 valence electrons. The molecule has 1 fully saturated rings. The molecule has 0 unspecified atom stereocenters. The van der Waals surface area contributed by atoms with Crippen molar-refractivity contribution in [1.82, 2.24) is 0 Å². The molecule has 11 heavy (non-hydrogen) atoms. The van der Waals surface area contributed by atoms with Gasteiger partial charge in [-0.15, -0.1) is 0 Å². The minimum atomic E-state index is -1.46. The molecule has 1 aliphatic rings. The van der Waals surface area contributed by atoms with Crippen molar-refractivity contribution in [2.24, 2.45) is 0 Å². The van der Waals surface area contributed by atoms with Crippen molar-refractivity contribution in [2.75, 3.05) is 6.61 Å². The molecule has 1 aliphatic heterocycles. The largest absolute Gasteiger partial charge is 0.394 e. The fraction of sp³-hybridized carbons (Fsp3) is 1.00. The third-order valence-corrected chi connectivity index (χ3v) is 2.03. The Balaban J connectivity index is 2.71. The van der Waals surface area contributed by atoms with Crippen LogP contribution in [-0.2, 0) is 4.74 Å². The van der Waals surface area contributed by atoms with E-state index in [0.29, 0.717) is 0 Å². The molecule has 4 atom stereocenters. The molecule has 1 rings (SSSR count). The van der Waals surface area contributed by atoms with Crippen molar-refractivity contribution in [3.05, 3.63) is 0 Å². The molecule has 2 radical (unpaired) electrons. The third-order valence-electron chi connectivity index (χ3n) is 2.03. The van der Waals surface area contributed by atoms with Crippen LogP contribution in [0.3, 0.4) is 0 Å². The number of hydrogen-bond donors (Lipinski definition) is 3. The minimum absolute atomic E-state index is 0.342. The first-order valence-electron chi connectivity index (χ1n) is 3.42. The van der Waals surface area contributed by atoms with Crippen LogP contribution in [0.1, 0.15) is 6.92 Å². The van der Waals surface area contributed by atoms with E-state index in [4.69, 9.17) is 17.7 Å². The van der Waals surface area contributed by atoms with E-state index >= 15 is 0 Å². The monoisotopic (exact) mass is 158 g/mol. The molecule has 3 N–H and O–H groups in total. The standard InChI is InChI=1S/C6H11BO4/c1-6(10)4(9)3(2-8)11-5(6)7/h3-5,8-10H,2H2,1H3/t3-,4-,5-,6-/m1/s1. The van der Waals surface area contributed by atoms with Gasteiger partial charge in [-0.25, -0.2) is 0 Å². The molecule has 0 bridgehead atoms.